The summed E-state index contributed by atoms with van der Waals surface area (Å²) >= 11 is 0. The number of carbonyl (C=O) groups excluding carboxylic acids is 1. The van der Waals surface area contributed by atoms with E-state index in [9.17, 15) is 13.2 Å². The molecule has 1 heterocycles. The smallest absolute Gasteiger partial charge is 0.424 e. The Balaban J connectivity index is 2.46. The molecular formula is C9H18N2O4S. The molecular weight excluding hydrogens is 232 g/mol. The Morgan fingerprint density at radius 2 is 2.19 bits per heavy atom. The summed E-state index contributed by atoms with van der Waals surface area (Å²) in [7, 11) is -3.03. The second kappa shape index (κ2) is 5.01. The zero-order valence-electron chi connectivity index (χ0n) is 9.55. The summed E-state index contributed by atoms with van der Waals surface area (Å²) in [5, 5.41) is 0.896. The van der Waals surface area contributed by atoms with Crippen molar-refractivity contribution < 1.29 is 17.9 Å². The van der Waals surface area contributed by atoms with E-state index in [1.165, 1.54) is 0 Å². The third kappa shape index (κ3) is 3.64. The van der Waals surface area contributed by atoms with Crippen LogP contribution < -0.4 is 5.84 Å². The number of carbonyl (C=O) groups is 1. The van der Waals surface area contributed by atoms with Crippen LogP contribution in [0, 0.1) is 5.92 Å². The van der Waals surface area contributed by atoms with Crippen molar-refractivity contribution >= 4 is 15.9 Å². The molecule has 1 rings (SSSR count). The third-order valence-corrected chi connectivity index (χ3v) is 4.10. The van der Waals surface area contributed by atoms with Gasteiger partial charge in [0.15, 0.2) is 9.84 Å². The average Bonchev–Trinajstić information content (AvgIpc) is 2.54. The van der Waals surface area contributed by atoms with Gasteiger partial charge in [0.1, 0.15) is 0 Å². The van der Waals surface area contributed by atoms with Crippen molar-refractivity contribution in [2.45, 2.75) is 26.3 Å². The van der Waals surface area contributed by atoms with E-state index in [2.05, 4.69) is 0 Å². The number of nitrogens with two attached hydrogens (primary N) is 1. The van der Waals surface area contributed by atoms with Gasteiger partial charge in [0.2, 0.25) is 0 Å². The summed E-state index contributed by atoms with van der Waals surface area (Å²) in [4.78, 5) is 11.4. The highest BCUT2D eigenvalue weighted by molar-refractivity contribution is 7.91. The van der Waals surface area contributed by atoms with E-state index >= 15 is 0 Å². The van der Waals surface area contributed by atoms with E-state index in [0.717, 1.165) is 5.01 Å². The Labute approximate surface area is 95.6 Å². The molecule has 6 nitrogen and oxygen atoms in total. The van der Waals surface area contributed by atoms with Crippen molar-refractivity contribution in [2.24, 2.45) is 11.8 Å². The van der Waals surface area contributed by atoms with Gasteiger partial charge >= 0.3 is 6.09 Å². The molecule has 0 aromatic rings. The van der Waals surface area contributed by atoms with Crippen LogP contribution in [0.2, 0.25) is 0 Å². The minimum absolute atomic E-state index is 0.0692. The SMILES string of the molecule is CC(C)COC(=O)N(N)C1CCS(=O)(=O)C1. The predicted molar refractivity (Wildman–Crippen MR) is 59.3 cm³/mol. The lowest BCUT2D eigenvalue weighted by molar-refractivity contribution is 0.0807. The van der Waals surface area contributed by atoms with E-state index in [0.29, 0.717) is 6.42 Å². The number of rotatable bonds is 3. The van der Waals surface area contributed by atoms with Gasteiger partial charge in [-0.25, -0.2) is 24.1 Å². The van der Waals surface area contributed by atoms with Gasteiger partial charge in [-0.3, -0.25) is 0 Å². The second-order valence-corrected chi connectivity index (χ2v) is 6.66. The highest BCUT2D eigenvalue weighted by atomic mass is 32.2. The molecule has 1 saturated heterocycles. The van der Waals surface area contributed by atoms with E-state index in [1.807, 2.05) is 13.8 Å². The number of hydrogen-bond acceptors (Lipinski definition) is 5. The molecule has 94 valence electrons. The maximum atomic E-state index is 11.4. The minimum Gasteiger partial charge on any atom is -0.448 e. The topological polar surface area (TPSA) is 89.7 Å². The van der Waals surface area contributed by atoms with Crippen molar-refractivity contribution in [3.63, 3.8) is 0 Å². The first-order chi connectivity index (χ1) is 7.32. The Morgan fingerprint density at radius 1 is 1.56 bits per heavy atom. The lowest BCUT2D eigenvalue weighted by Gasteiger charge is -2.22. The van der Waals surface area contributed by atoms with E-state index in [4.69, 9.17) is 10.6 Å². The van der Waals surface area contributed by atoms with Crippen LogP contribution in [0.1, 0.15) is 20.3 Å². The first kappa shape index (κ1) is 13.2. The zero-order chi connectivity index (χ0) is 12.3. The molecule has 0 bridgehead atoms. The molecule has 0 radical (unpaired) electrons. The monoisotopic (exact) mass is 250 g/mol. The quantitative estimate of drug-likeness (QED) is 0.437. The summed E-state index contributed by atoms with van der Waals surface area (Å²) in [6.45, 7) is 4.11. The Morgan fingerprint density at radius 3 is 2.62 bits per heavy atom. The molecule has 16 heavy (non-hydrogen) atoms. The van der Waals surface area contributed by atoms with Crippen LogP contribution in [0.3, 0.4) is 0 Å². The van der Waals surface area contributed by atoms with Crippen LogP contribution in [0.15, 0.2) is 0 Å². The number of nitrogens with zero attached hydrogens (tertiary/aromatic N) is 1. The summed E-state index contributed by atoms with van der Waals surface area (Å²) in [5.41, 5.74) is 0. The van der Waals surface area contributed by atoms with Crippen molar-refractivity contribution in [3.8, 4) is 0 Å². The molecule has 1 amide bonds. The van der Waals surface area contributed by atoms with Crippen LogP contribution in [0.4, 0.5) is 4.79 Å². The zero-order valence-corrected chi connectivity index (χ0v) is 10.4. The summed E-state index contributed by atoms with van der Waals surface area (Å²) in [6.07, 6.45) is -0.272. The normalized spacial score (nSPS) is 23.4. The van der Waals surface area contributed by atoms with Gasteiger partial charge in [0.05, 0.1) is 24.2 Å². The van der Waals surface area contributed by atoms with Gasteiger partial charge in [-0.2, -0.15) is 0 Å². The van der Waals surface area contributed by atoms with Crippen molar-refractivity contribution in [1.82, 2.24) is 5.01 Å². The highest BCUT2D eigenvalue weighted by Crippen LogP contribution is 2.16. The van der Waals surface area contributed by atoms with Crippen molar-refractivity contribution in [2.75, 3.05) is 18.1 Å². The maximum absolute atomic E-state index is 11.4. The van der Waals surface area contributed by atoms with Gasteiger partial charge in [-0.15, -0.1) is 0 Å². The van der Waals surface area contributed by atoms with E-state index in [1.54, 1.807) is 0 Å². The molecule has 1 unspecified atom stereocenters. The Kier molecular flexibility index (Phi) is 4.15. The predicted octanol–water partition coefficient (Wildman–Crippen LogP) is 0.142. The van der Waals surface area contributed by atoms with Gasteiger partial charge in [-0.1, -0.05) is 13.8 Å². The molecule has 1 aliphatic heterocycles. The first-order valence-corrected chi connectivity index (χ1v) is 7.05. The average molecular weight is 250 g/mol. The molecule has 0 aromatic heterocycles. The molecule has 1 aliphatic rings. The van der Waals surface area contributed by atoms with E-state index < -0.39 is 22.0 Å². The largest absolute Gasteiger partial charge is 0.448 e. The van der Waals surface area contributed by atoms with Gasteiger partial charge in [-0.05, 0) is 12.3 Å². The number of hydrazine groups is 1. The number of hydrogen-bond donors (Lipinski definition) is 1. The fourth-order valence-electron chi connectivity index (χ4n) is 1.46. The maximum Gasteiger partial charge on any atom is 0.424 e. The molecule has 2 N–H and O–H groups in total. The number of amides is 1. The summed E-state index contributed by atoms with van der Waals surface area (Å²) < 4.78 is 27.3. The molecule has 0 aliphatic carbocycles. The van der Waals surface area contributed by atoms with E-state index in [-0.39, 0.29) is 24.0 Å². The Hall–Kier alpha value is -0.820. The molecule has 7 heteroatoms. The van der Waals surface area contributed by atoms with Crippen LogP contribution in [0.5, 0.6) is 0 Å². The fourth-order valence-corrected chi connectivity index (χ4v) is 3.17. The molecule has 0 spiro atoms. The van der Waals surface area contributed by atoms with Crippen molar-refractivity contribution in [1.29, 1.82) is 0 Å². The lowest BCUT2D eigenvalue weighted by atomic mass is 10.2. The molecule has 1 atom stereocenters. The summed E-state index contributed by atoms with van der Waals surface area (Å²) in [5.74, 6) is 5.77. The standard InChI is InChI=1S/C9H18N2O4S/c1-7(2)5-15-9(12)11(10)8-3-4-16(13,14)6-8/h7-8H,3-6,10H2,1-2H3. The number of ether oxygens (including phenoxy) is 1. The van der Waals surface area contributed by atoms with Gasteiger partial charge in [0.25, 0.3) is 0 Å². The van der Waals surface area contributed by atoms with Crippen LogP contribution >= 0.6 is 0 Å². The van der Waals surface area contributed by atoms with Crippen molar-refractivity contribution in [3.05, 3.63) is 0 Å². The van der Waals surface area contributed by atoms with Crippen LogP contribution in [-0.2, 0) is 14.6 Å². The van der Waals surface area contributed by atoms with Crippen LogP contribution in [0.25, 0.3) is 0 Å². The molecule has 1 fully saturated rings. The molecule has 0 aromatic carbocycles. The molecule has 0 saturated carbocycles. The lowest BCUT2D eigenvalue weighted by Crippen LogP contribution is -2.46. The Bertz CT molecular complexity index is 353. The number of sulfone groups is 1. The van der Waals surface area contributed by atoms with Crippen LogP contribution in [-0.4, -0.2) is 43.7 Å². The minimum atomic E-state index is -3.03. The third-order valence-electron chi connectivity index (χ3n) is 2.35. The van der Waals surface area contributed by atoms with Gasteiger partial charge < -0.3 is 4.74 Å². The first-order valence-electron chi connectivity index (χ1n) is 5.23. The second-order valence-electron chi connectivity index (χ2n) is 4.43. The van der Waals surface area contributed by atoms with Gasteiger partial charge in [0, 0.05) is 0 Å². The highest BCUT2D eigenvalue weighted by Gasteiger charge is 2.34. The fraction of sp³-hybridized carbons (Fsp3) is 0.889. The summed E-state index contributed by atoms with van der Waals surface area (Å²) in [6, 6.07) is -0.454.